The topological polar surface area (TPSA) is 21.8 Å². The summed E-state index contributed by atoms with van der Waals surface area (Å²) >= 11 is 0. The lowest BCUT2D eigenvalue weighted by atomic mass is 10.00. The Labute approximate surface area is 195 Å². The average Bonchev–Trinajstić information content (AvgIpc) is 3.35. The molecule has 6 bridgehead atoms. The van der Waals surface area contributed by atoms with Crippen LogP contribution in [-0.4, -0.2) is 84.7 Å². The summed E-state index contributed by atoms with van der Waals surface area (Å²) in [5, 5.41) is 3.61. The van der Waals surface area contributed by atoms with Gasteiger partial charge in [0.1, 0.15) is 0 Å². The molecule has 5 aliphatic heterocycles. The highest BCUT2D eigenvalue weighted by atomic mass is 15.2. The molecule has 1 aliphatic carbocycles. The van der Waals surface area contributed by atoms with Crippen LogP contribution in [-0.2, 0) is 0 Å². The lowest BCUT2D eigenvalue weighted by molar-refractivity contribution is 0.150. The second kappa shape index (κ2) is 11.3. The highest BCUT2D eigenvalue weighted by Crippen LogP contribution is 2.36. The first-order valence-electron chi connectivity index (χ1n) is 14.0. The summed E-state index contributed by atoms with van der Waals surface area (Å²) < 4.78 is 0. The van der Waals surface area contributed by atoms with Crippen molar-refractivity contribution in [3.8, 4) is 0 Å². The van der Waals surface area contributed by atoms with E-state index in [1.807, 2.05) is 0 Å². The zero-order valence-electron chi connectivity index (χ0n) is 21.2. The largest absolute Gasteiger partial charge is 0.309 e. The van der Waals surface area contributed by atoms with Crippen molar-refractivity contribution in [2.45, 2.75) is 122 Å². The molecule has 31 heavy (non-hydrogen) atoms. The van der Waals surface area contributed by atoms with Gasteiger partial charge in [0, 0.05) is 57.8 Å². The molecule has 0 aromatic rings. The molecule has 1 saturated carbocycles. The highest BCUT2D eigenvalue weighted by Gasteiger charge is 2.36. The van der Waals surface area contributed by atoms with Crippen molar-refractivity contribution in [1.29, 1.82) is 0 Å². The van der Waals surface area contributed by atoms with Gasteiger partial charge < -0.3 is 15.1 Å². The van der Waals surface area contributed by atoms with E-state index in [-0.39, 0.29) is 1.43 Å². The van der Waals surface area contributed by atoms with E-state index in [0.29, 0.717) is 0 Å². The summed E-state index contributed by atoms with van der Waals surface area (Å²) in [5.74, 6) is 2.13. The smallest absolute Gasteiger partial charge is 0.0198 e. The minimum atomic E-state index is 0. The van der Waals surface area contributed by atoms with Crippen LogP contribution in [0.2, 0.25) is 0 Å². The van der Waals surface area contributed by atoms with Gasteiger partial charge in [0.25, 0.3) is 0 Å². The minimum absolute atomic E-state index is 0. The third kappa shape index (κ3) is 6.46. The van der Waals surface area contributed by atoms with E-state index in [2.05, 4.69) is 47.8 Å². The molecule has 4 heteroatoms. The number of hydrogen-bond donors (Lipinski definition) is 1. The number of nitrogens with zero attached hydrogens (tertiary/aromatic N) is 3. The Morgan fingerprint density at radius 3 is 1.81 bits per heavy atom. The molecule has 6 rings (SSSR count). The van der Waals surface area contributed by atoms with Gasteiger partial charge in [-0.05, 0) is 97.1 Å². The van der Waals surface area contributed by atoms with E-state index in [1.165, 1.54) is 103 Å². The maximum absolute atomic E-state index is 3.61. The highest BCUT2D eigenvalue weighted by molar-refractivity contribution is 4.92. The van der Waals surface area contributed by atoms with Crippen molar-refractivity contribution in [3.05, 3.63) is 0 Å². The molecule has 182 valence electrons. The number of piperidine rings is 1. The van der Waals surface area contributed by atoms with Crippen LogP contribution in [0.25, 0.3) is 0 Å². The number of likely N-dealkylation sites (tertiary alicyclic amines) is 2. The second-order valence-electron chi connectivity index (χ2n) is 12.0. The van der Waals surface area contributed by atoms with Gasteiger partial charge in [-0.2, -0.15) is 0 Å². The Morgan fingerprint density at radius 2 is 1.32 bits per heavy atom. The molecule has 6 unspecified atom stereocenters. The van der Waals surface area contributed by atoms with Crippen molar-refractivity contribution < 1.29 is 1.43 Å². The van der Waals surface area contributed by atoms with Crippen LogP contribution in [0.1, 0.15) is 92.8 Å². The quantitative estimate of drug-likeness (QED) is 0.671. The number of likely N-dealkylation sites (N-methyl/N-ethyl adjacent to an activating group) is 1. The molecule has 6 atom stereocenters. The number of hydrogen-bond acceptors (Lipinski definition) is 4. The summed E-state index contributed by atoms with van der Waals surface area (Å²) in [4.78, 5) is 7.83. The van der Waals surface area contributed by atoms with Gasteiger partial charge >= 0.3 is 0 Å². The summed E-state index contributed by atoms with van der Waals surface area (Å²) in [6, 6.07) is 4.30. The van der Waals surface area contributed by atoms with Crippen molar-refractivity contribution >= 4 is 0 Å². The standard InChI is InChI=1S/C11H21N.C8H16N2.C8H15N.H2/c1-9(2)12-10-5-3-4-6-11(12)8-7-10;1-2-10-5-7-3-4-8(6-10)9-7;1-9-5-7-2-3-8(4-7)6-9;/h9-11H,3-8H2,1-2H3;7-9H,2-6H2,1H3;7-8H,2-6H2,1H3;1H. The fraction of sp³-hybridized carbons (Fsp3) is 1.00. The molecular weight excluding hydrogens is 380 g/mol. The molecule has 0 spiro atoms. The van der Waals surface area contributed by atoms with Gasteiger partial charge in [-0.3, -0.25) is 4.90 Å². The normalized spacial score (nSPS) is 40.2. The monoisotopic (exact) mass is 434 g/mol. The van der Waals surface area contributed by atoms with Gasteiger partial charge in [0.05, 0.1) is 0 Å². The minimum Gasteiger partial charge on any atom is -0.309 e. The lowest BCUT2D eigenvalue weighted by Gasteiger charge is -2.31. The second-order valence-corrected chi connectivity index (χ2v) is 12.0. The summed E-state index contributed by atoms with van der Waals surface area (Å²) in [6.45, 7) is 13.5. The predicted octanol–water partition coefficient (Wildman–Crippen LogP) is 4.84. The fourth-order valence-corrected chi connectivity index (χ4v) is 7.78. The van der Waals surface area contributed by atoms with Crippen molar-refractivity contribution in [2.75, 3.05) is 39.8 Å². The van der Waals surface area contributed by atoms with Crippen molar-refractivity contribution in [3.63, 3.8) is 0 Å². The van der Waals surface area contributed by atoms with Gasteiger partial charge in [0.15, 0.2) is 0 Å². The summed E-state index contributed by atoms with van der Waals surface area (Å²) in [7, 11) is 2.25. The van der Waals surface area contributed by atoms with Gasteiger partial charge in [-0.15, -0.1) is 0 Å². The summed E-state index contributed by atoms with van der Waals surface area (Å²) in [5.41, 5.74) is 0. The van der Waals surface area contributed by atoms with Crippen molar-refractivity contribution in [2.24, 2.45) is 11.8 Å². The molecule has 0 amide bonds. The molecule has 5 saturated heterocycles. The Hall–Kier alpha value is -0.160. The zero-order valence-corrected chi connectivity index (χ0v) is 21.2. The maximum Gasteiger partial charge on any atom is 0.0198 e. The summed E-state index contributed by atoms with van der Waals surface area (Å²) in [6.07, 6.45) is 16.2. The van der Waals surface area contributed by atoms with Crippen LogP contribution in [0.4, 0.5) is 0 Å². The molecule has 1 N–H and O–H groups in total. The van der Waals surface area contributed by atoms with Gasteiger partial charge in [0.2, 0.25) is 0 Å². The number of rotatable bonds is 2. The van der Waals surface area contributed by atoms with Crippen LogP contribution in [0.15, 0.2) is 0 Å². The maximum atomic E-state index is 3.61. The van der Waals surface area contributed by atoms with Crippen molar-refractivity contribution in [1.82, 2.24) is 20.0 Å². The van der Waals surface area contributed by atoms with E-state index in [0.717, 1.165) is 42.0 Å². The van der Waals surface area contributed by atoms with Gasteiger partial charge in [-0.25, -0.2) is 0 Å². The predicted molar refractivity (Wildman–Crippen MR) is 135 cm³/mol. The molecule has 6 fully saturated rings. The molecule has 6 aliphatic rings. The van der Waals surface area contributed by atoms with E-state index >= 15 is 0 Å². The van der Waals surface area contributed by atoms with Gasteiger partial charge in [-0.1, -0.05) is 19.8 Å². The lowest BCUT2D eigenvalue weighted by Crippen LogP contribution is -2.50. The Kier molecular flexibility index (Phi) is 8.75. The SMILES string of the molecule is CC(C)N1C2CCCCC1CC2.CCN1CC2CCC(C1)N2.CN1CC2CCC(C2)C1.[HH]. The molecule has 0 radical (unpaired) electrons. The molecule has 4 nitrogen and oxygen atoms in total. The fourth-order valence-electron chi connectivity index (χ4n) is 7.78. The Morgan fingerprint density at radius 1 is 0.774 bits per heavy atom. The first-order valence-corrected chi connectivity index (χ1v) is 14.0. The van der Waals surface area contributed by atoms with E-state index in [1.54, 1.807) is 0 Å². The average molecular weight is 435 g/mol. The van der Waals surface area contributed by atoms with Crippen LogP contribution in [0.5, 0.6) is 0 Å². The molecule has 0 aromatic carbocycles. The number of piperazine rings is 1. The van der Waals surface area contributed by atoms with E-state index < -0.39 is 0 Å². The molecule has 0 aromatic heterocycles. The zero-order chi connectivity index (χ0) is 21.8. The van der Waals surface area contributed by atoms with Crippen LogP contribution in [0, 0.1) is 11.8 Å². The third-order valence-corrected chi connectivity index (χ3v) is 9.13. The first-order chi connectivity index (χ1) is 15.0. The molecule has 5 heterocycles. The van der Waals surface area contributed by atoms with Crippen LogP contribution in [0.3, 0.4) is 0 Å². The molecular formula is C27H54N4. The Balaban J connectivity index is 0.000000135. The van der Waals surface area contributed by atoms with Crippen LogP contribution < -0.4 is 5.32 Å². The van der Waals surface area contributed by atoms with Crippen LogP contribution >= 0.6 is 0 Å². The van der Waals surface area contributed by atoms with E-state index in [4.69, 9.17) is 0 Å². The number of fused-ring (bicyclic) bond motifs is 6. The van der Waals surface area contributed by atoms with E-state index in [9.17, 15) is 0 Å². The third-order valence-electron chi connectivity index (χ3n) is 9.13. The Bertz CT molecular complexity index is 506. The number of nitrogens with one attached hydrogen (secondary N) is 1. The first kappa shape index (κ1) is 24.0.